The Balaban J connectivity index is 2.69. The van der Waals surface area contributed by atoms with Gasteiger partial charge in [-0.25, -0.2) is 4.98 Å². The van der Waals surface area contributed by atoms with E-state index >= 15 is 0 Å². The van der Waals surface area contributed by atoms with Gasteiger partial charge in [-0.3, -0.25) is 4.79 Å². The molecule has 1 unspecified atom stereocenters. The van der Waals surface area contributed by atoms with Crippen molar-refractivity contribution in [3.63, 3.8) is 0 Å². The van der Waals surface area contributed by atoms with Crippen LogP contribution in [0.5, 0.6) is 0 Å². The number of nitrogen functional groups attached to an aromatic ring is 1. The predicted octanol–water partition coefficient (Wildman–Crippen LogP) is 1.27. The van der Waals surface area contributed by atoms with E-state index in [1.165, 1.54) is 24.0 Å². The Morgan fingerprint density at radius 3 is 3.00 bits per heavy atom. The lowest BCUT2D eigenvalue weighted by atomic mass is 10.1. The van der Waals surface area contributed by atoms with Crippen LogP contribution in [-0.2, 0) is 0 Å². The van der Waals surface area contributed by atoms with E-state index in [1.807, 2.05) is 6.26 Å². The van der Waals surface area contributed by atoms with Gasteiger partial charge >= 0.3 is 0 Å². The van der Waals surface area contributed by atoms with E-state index in [2.05, 4.69) is 26.2 Å². The van der Waals surface area contributed by atoms with Gasteiger partial charge in [-0.05, 0) is 35.2 Å². The largest absolute Gasteiger partial charge is 0.387 e. The van der Waals surface area contributed by atoms with Gasteiger partial charge in [0, 0.05) is 23.0 Å². The van der Waals surface area contributed by atoms with Gasteiger partial charge in [0.15, 0.2) is 0 Å². The number of carbonyl (C=O) groups excluding carboxylic acids is 1. The third-order valence-corrected chi connectivity index (χ3v) is 3.75. The van der Waals surface area contributed by atoms with Crippen molar-refractivity contribution in [3.05, 3.63) is 22.3 Å². The quantitative estimate of drug-likeness (QED) is 0.755. The summed E-state index contributed by atoms with van der Waals surface area (Å²) in [5.41, 5.74) is 5.00. The fourth-order valence-electron chi connectivity index (χ4n) is 1.36. The Hall–Kier alpha value is -0.790. The molecule has 0 radical (unpaired) electrons. The second-order valence-corrected chi connectivity index (χ2v) is 5.92. The van der Waals surface area contributed by atoms with Crippen LogP contribution >= 0.6 is 27.7 Å². The van der Waals surface area contributed by atoms with Crippen molar-refractivity contribution in [1.29, 1.82) is 0 Å². The van der Waals surface area contributed by atoms with Gasteiger partial charge in [-0.2, -0.15) is 11.8 Å². The number of aliphatic hydroxyl groups is 1. The molecule has 7 heteroatoms. The van der Waals surface area contributed by atoms with E-state index in [0.717, 1.165) is 0 Å². The van der Waals surface area contributed by atoms with Gasteiger partial charge in [0.25, 0.3) is 5.91 Å². The number of nitrogens with zero attached hydrogens (tertiary/aromatic N) is 1. The number of aromatic nitrogens is 1. The number of anilines is 1. The van der Waals surface area contributed by atoms with Crippen molar-refractivity contribution in [2.24, 2.45) is 0 Å². The number of halogens is 1. The maximum Gasteiger partial charge on any atom is 0.252 e. The van der Waals surface area contributed by atoms with Crippen LogP contribution in [0.15, 0.2) is 16.7 Å². The Morgan fingerprint density at radius 2 is 2.39 bits per heavy atom. The molecule has 1 amide bonds. The first kappa shape index (κ1) is 15.3. The molecule has 100 valence electrons. The number of nitrogens with one attached hydrogen (secondary N) is 1. The Morgan fingerprint density at radius 1 is 1.72 bits per heavy atom. The monoisotopic (exact) mass is 333 g/mol. The molecular weight excluding hydrogens is 318 g/mol. The normalized spacial score (nSPS) is 14.0. The first-order valence-corrected chi connectivity index (χ1v) is 7.45. The number of nitrogens with two attached hydrogens (primary N) is 1. The number of carbonyl (C=O) groups is 1. The summed E-state index contributed by atoms with van der Waals surface area (Å²) >= 11 is 4.76. The van der Waals surface area contributed by atoms with Gasteiger partial charge in [0.05, 0.1) is 11.2 Å². The van der Waals surface area contributed by atoms with E-state index in [-0.39, 0.29) is 18.3 Å². The molecule has 0 aliphatic rings. The Kier molecular flexibility index (Phi) is 5.43. The molecule has 1 aromatic heterocycles. The van der Waals surface area contributed by atoms with Crippen molar-refractivity contribution >= 4 is 39.4 Å². The Bertz CT molecular complexity index is 440. The summed E-state index contributed by atoms with van der Waals surface area (Å²) in [5, 5.41) is 12.6. The molecule has 1 rings (SSSR count). The van der Waals surface area contributed by atoms with Crippen LogP contribution in [0.1, 0.15) is 17.3 Å². The zero-order valence-corrected chi connectivity index (χ0v) is 12.6. The summed E-state index contributed by atoms with van der Waals surface area (Å²) in [4.78, 5) is 15.8. The summed E-state index contributed by atoms with van der Waals surface area (Å²) in [6, 6.07) is 1.49. The van der Waals surface area contributed by atoms with Crippen LogP contribution in [0.3, 0.4) is 0 Å². The molecule has 0 aliphatic heterocycles. The number of thioether (sulfide) groups is 1. The smallest absolute Gasteiger partial charge is 0.252 e. The molecule has 0 spiro atoms. The Labute approximate surface area is 119 Å². The fraction of sp³-hybridized carbons (Fsp3) is 0.455. The maximum atomic E-state index is 11.9. The van der Waals surface area contributed by atoms with Crippen LogP contribution in [0.25, 0.3) is 0 Å². The predicted molar refractivity (Wildman–Crippen MR) is 77.7 cm³/mol. The lowest BCUT2D eigenvalue weighted by molar-refractivity contribution is 0.0724. The lowest BCUT2D eigenvalue weighted by Gasteiger charge is -2.22. The lowest BCUT2D eigenvalue weighted by Crippen LogP contribution is -2.42. The van der Waals surface area contributed by atoms with Crippen LogP contribution < -0.4 is 11.1 Å². The van der Waals surface area contributed by atoms with Gasteiger partial charge in [-0.15, -0.1) is 0 Å². The highest BCUT2D eigenvalue weighted by atomic mass is 79.9. The number of amides is 1. The minimum atomic E-state index is -0.930. The topological polar surface area (TPSA) is 88.2 Å². The minimum absolute atomic E-state index is 0.182. The van der Waals surface area contributed by atoms with E-state index in [9.17, 15) is 9.90 Å². The molecule has 0 fully saturated rings. The van der Waals surface area contributed by atoms with E-state index in [0.29, 0.717) is 15.8 Å². The number of hydrogen-bond acceptors (Lipinski definition) is 5. The molecule has 0 bridgehead atoms. The van der Waals surface area contributed by atoms with Gasteiger partial charge in [0.2, 0.25) is 0 Å². The third-order valence-electron chi connectivity index (χ3n) is 2.21. The van der Waals surface area contributed by atoms with Crippen LogP contribution in [0.4, 0.5) is 5.82 Å². The third kappa shape index (κ3) is 4.47. The summed E-state index contributed by atoms with van der Waals surface area (Å²) in [6.07, 6.45) is 3.38. The van der Waals surface area contributed by atoms with Crippen molar-refractivity contribution < 1.29 is 9.90 Å². The SMILES string of the molecule is CSCC(C)(O)CNC(=O)c1cc(N)ncc1Br. The van der Waals surface area contributed by atoms with Crippen molar-refractivity contribution in [2.45, 2.75) is 12.5 Å². The molecule has 1 heterocycles. The van der Waals surface area contributed by atoms with Gasteiger partial charge in [-0.1, -0.05) is 0 Å². The van der Waals surface area contributed by atoms with Gasteiger partial charge in [0.1, 0.15) is 5.82 Å². The first-order chi connectivity index (χ1) is 8.35. The zero-order valence-electron chi connectivity index (χ0n) is 10.2. The highest BCUT2D eigenvalue weighted by Gasteiger charge is 2.21. The van der Waals surface area contributed by atoms with Gasteiger partial charge < -0.3 is 16.2 Å². The van der Waals surface area contributed by atoms with Crippen molar-refractivity contribution in [3.8, 4) is 0 Å². The second-order valence-electron chi connectivity index (χ2n) is 4.20. The average molecular weight is 334 g/mol. The fourth-order valence-corrected chi connectivity index (χ4v) is 2.48. The summed E-state index contributed by atoms with van der Waals surface area (Å²) < 4.78 is 0.568. The molecule has 1 aromatic rings. The van der Waals surface area contributed by atoms with E-state index < -0.39 is 5.60 Å². The number of rotatable bonds is 5. The molecule has 4 N–H and O–H groups in total. The second kappa shape index (κ2) is 6.40. The van der Waals surface area contributed by atoms with Crippen LogP contribution in [0, 0.1) is 0 Å². The molecule has 0 aromatic carbocycles. The van der Waals surface area contributed by atoms with E-state index in [1.54, 1.807) is 6.92 Å². The molecule has 0 saturated heterocycles. The minimum Gasteiger partial charge on any atom is -0.387 e. The standard InChI is InChI=1S/C11H16BrN3O2S/c1-11(17,6-18-2)5-15-10(16)7-3-9(13)14-4-8(7)12/h3-4,17H,5-6H2,1-2H3,(H2,13,14)(H,15,16). The summed E-state index contributed by atoms with van der Waals surface area (Å²) in [5.74, 6) is 0.531. The van der Waals surface area contributed by atoms with Crippen LogP contribution in [-0.4, -0.2) is 40.2 Å². The van der Waals surface area contributed by atoms with Crippen molar-refractivity contribution in [1.82, 2.24) is 10.3 Å². The molecule has 0 saturated carbocycles. The molecule has 0 aliphatic carbocycles. The number of hydrogen-bond donors (Lipinski definition) is 3. The maximum absolute atomic E-state index is 11.9. The summed E-state index contributed by atoms with van der Waals surface area (Å²) in [7, 11) is 0. The molecule has 18 heavy (non-hydrogen) atoms. The number of pyridine rings is 1. The first-order valence-electron chi connectivity index (χ1n) is 5.26. The molecular formula is C11H16BrN3O2S. The molecule has 5 nitrogen and oxygen atoms in total. The highest BCUT2D eigenvalue weighted by molar-refractivity contribution is 9.10. The van der Waals surface area contributed by atoms with Crippen LogP contribution in [0.2, 0.25) is 0 Å². The zero-order chi connectivity index (χ0) is 13.8. The molecule has 1 atom stereocenters. The average Bonchev–Trinajstić information content (AvgIpc) is 2.29. The summed E-state index contributed by atoms with van der Waals surface area (Å²) in [6.45, 7) is 1.86. The van der Waals surface area contributed by atoms with E-state index in [4.69, 9.17) is 5.73 Å². The highest BCUT2D eigenvalue weighted by Crippen LogP contribution is 2.17. The van der Waals surface area contributed by atoms with Crippen molar-refractivity contribution in [2.75, 3.05) is 24.3 Å².